The number of methoxy groups -OCH3 is 1. The van der Waals surface area contributed by atoms with E-state index in [9.17, 15) is 13.2 Å². The van der Waals surface area contributed by atoms with Gasteiger partial charge in [-0.3, -0.25) is 4.79 Å². The number of aromatic nitrogens is 1. The molecule has 1 amide bonds. The Balaban J connectivity index is 1.76. The molecule has 0 aliphatic carbocycles. The summed E-state index contributed by atoms with van der Waals surface area (Å²) in [6, 6.07) is 21.2. The van der Waals surface area contributed by atoms with Crippen molar-refractivity contribution in [3.8, 4) is 28.1 Å². The Bertz CT molecular complexity index is 1580. The van der Waals surface area contributed by atoms with Crippen LogP contribution in [0.2, 0.25) is 0 Å². The van der Waals surface area contributed by atoms with E-state index >= 15 is 0 Å². The second-order valence-electron chi connectivity index (χ2n) is 8.70. The maximum absolute atomic E-state index is 13.1. The van der Waals surface area contributed by atoms with E-state index in [0.717, 1.165) is 48.9 Å². The number of nitrogens with one attached hydrogen (secondary N) is 1. The van der Waals surface area contributed by atoms with Crippen LogP contribution in [0.15, 0.2) is 66.7 Å². The highest BCUT2D eigenvalue weighted by Crippen LogP contribution is 2.47. The molecule has 1 atom stereocenters. The van der Waals surface area contributed by atoms with Crippen molar-refractivity contribution in [1.29, 1.82) is 0 Å². The summed E-state index contributed by atoms with van der Waals surface area (Å²) in [6.07, 6.45) is -0.417. The molecule has 4 aromatic rings. The highest BCUT2D eigenvalue weighted by molar-refractivity contribution is 7.87. The maximum Gasteiger partial charge on any atom is 0.303 e. The van der Waals surface area contributed by atoms with Crippen molar-refractivity contribution >= 4 is 27.0 Å². The second-order valence-corrected chi connectivity index (χ2v) is 10.6. The predicted molar refractivity (Wildman–Crippen MR) is 139 cm³/mol. The van der Waals surface area contributed by atoms with Gasteiger partial charge in [0.25, 0.3) is 5.91 Å². The normalized spacial score (nSPS) is 14.6. The molecule has 1 aromatic heterocycles. The standard InChI is InChI=1S/C27H27N3O5S/c1-5-35-27-23-15-19(34-4)11-12-20(23)25-16-22-21(17-9-7-6-8-10-17)13-18(14-24(22)30(25)27)26(31)28-36(32,33)29(2)3/h6-16,27H,5H2,1-4H3,(H,28,31). The summed E-state index contributed by atoms with van der Waals surface area (Å²) in [6.45, 7) is 2.41. The number of carbonyl (C=O) groups is 1. The van der Waals surface area contributed by atoms with Crippen molar-refractivity contribution in [1.82, 2.24) is 13.6 Å². The summed E-state index contributed by atoms with van der Waals surface area (Å²) in [5.41, 5.74) is 5.69. The quantitative estimate of drug-likeness (QED) is 0.402. The van der Waals surface area contributed by atoms with Crippen LogP contribution in [-0.4, -0.2) is 51.0 Å². The zero-order chi connectivity index (χ0) is 25.6. The van der Waals surface area contributed by atoms with Gasteiger partial charge in [0.1, 0.15) is 5.75 Å². The molecule has 1 N–H and O–H groups in total. The number of rotatable bonds is 7. The minimum atomic E-state index is -3.96. The van der Waals surface area contributed by atoms with Crippen LogP contribution in [0.25, 0.3) is 33.3 Å². The maximum atomic E-state index is 13.1. The number of hydrogen-bond acceptors (Lipinski definition) is 5. The molecule has 0 radical (unpaired) electrons. The molecule has 0 saturated heterocycles. The van der Waals surface area contributed by atoms with Gasteiger partial charge in [0.15, 0.2) is 6.23 Å². The number of hydrogen-bond donors (Lipinski definition) is 1. The van der Waals surface area contributed by atoms with Crippen LogP contribution in [0.4, 0.5) is 0 Å². The molecule has 1 aliphatic heterocycles. The first kappa shape index (κ1) is 24.1. The highest BCUT2D eigenvalue weighted by Gasteiger charge is 2.32. The Labute approximate surface area is 210 Å². The van der Waals surface area contributed by atoms with Crippen LogP contribution in [0.5, 0.6) is 5.75 Å². The van der Waals surface area contributed by atoms with Crippen LogP contribution < -0.4 is 9.46 Å². The van der Waals surface area contributed by atoms with E-state index < -0.39 is 22.3 Å². The van der Waals surface area contributed by atoms with Gasteiger partial charge in [0, 0.05) is 42.8 Å². The molecule has 0 fully saturated rings. The molecular formula is C27H27N3O5S. The smallest absolute Gasteiger partial charge is 0.303 e. The summed E-state index contributed by atoms with van der Waals surface area (Å²) in [4.78, 5) is 13.1. The molecule has 0 bridgehead atoms. The third-order valence-corrected chi connectivity index (χ3v) is 7.77. The molecule has 9 heteroatoms. The van der Waals surface area contributed by atoms with Crippen molar-refractivity contribution in [3.63, 3.8) is 0 Å². The van der Waals surface area contributed by atoms with Crippen molar-refractivity contribution in [2.24, 2.45) is 0 Å². The largest absolute Gasteiger partial charge is 0.497 e. The minimum Gasteiger partial charge on any atom is -0.497 e. The van der Waals surface area contributed by atoms with Gasteiger partial charge in [-0.05, 0) is 54.4 Å². The Morgan fingerprint density at radius 1 is 1.03 bits per heavy atom. The average Bonchev–Trinajstić information content (AvgIpc) is 3.38. The number of carbonyl (C=O) groups excluding carboxylic acids is 1. The minimum absolute atomic E-state index is 0.233. The Morgan fingerprint density at radius 3 is 2.44 bits per heavy atom. The van der Waals surface area contributed by atoms with E-state index in [1.54, 1.807) is 19.2 Å². The van der Waals surface area contributed by atoms with E-state index in [2.05, 4.69) is 15.4 Å². The van der Waals surface area contributed by atoms with E-state index in [1.807, 2.05) is 55.5 Å². The highest BCUT2D eigenvalue weighted by atomic mass is 32.2. The monoisotopic (exact) mass is 505 g/mol. The van der Waals surface area contributed by atoms with Gasteiger partial charge in [-0.25, -0.2) is 4.72 Å². The lowest BCUT2D eigenvalue weighted by atomic mass is 9.97. The zero-order valence-corrected chi connectivity index (χ0v) is 21.3. The van der Waals surface area contributed by atoms with Crippen LogP contribution in [0.3, 0.4) is 0 Å². The first-order valence-electron chi connectivity index (χ1n) is 11.5. The van der Waals surface area contributed by atoms with Crippen LogP contribution in [0.1, 0.15) is 29.1 Å². The Hall–Kier alpha value is -3.66. The third kappa shape index (κ3) is 3.95. The summed E-state index contributed by atoms with van der Waals surface area (Å²) in [7, 11) is 0.404. The van der Waals surface area contributed by atoms with Crippen molar-refractivity contribution in [2.75, 3.05) is 27.8 Å². The van der Waals surface area contributed by atoms with Gasteiger partial charge in [0.2, 0.25) is 0 Å². The lowest BCUT2D eigenvalue weighted by Gasteiger charge is -2.18. The van der Waals surface area contributed by atoms with E-state index in [-0.39, 0.29) is 5.56 Å². The molecule has 1 unspecified atom stereocenters. The first-order chi connectivity index (χ1) is 17.2. The fourth-order valence-corrected chi connectivity index (χ4v) is 5.14. The molecule has 5 rings (SSSR count). The third-order valence-electron chi connectivity index (χ3n) is 6.37. The van der Waals surface area contributed by atoms with E-state index in [4.69, 9.17) is 9.47 Å². The van der Waals surface area contributed by atoms with E-state index in [1.165, 1.54) is 14.1 Å². The van der Waals surface area contributed by atoms with Crippen molar-refractivity contribution in [3.05, 3.63) is 77.9 Å². The van der Waals surface area contributed by atoms with Gasteiger partial charge in [0.05, 0.1) is 18.3 Å². The molecule has 8 nitrogen and oxygen atoms in total. The number of nitrogens with zero attached hydrogens (tertiary/aromatic N) is 2. The second kappa shape index (κ2) is 9.09. The summed E-state index contributed by atoms with van der Waals surface area (Å²) >= 11 is 0. The van der Waals surface area contributed by atoms with Gasteiger partial charge < -0.3 is 14.0 Å². The number of amides is 1. The van der Waals surface area contributed by atoms with Crippen LogP contribution in [0, 0.1) is 0 Å². The summed E-state index contributed by atoms with van der Waals surface area (Å²) in [5, 5.41) is 0.939. The Morgan fingerprint density at radius 2 is 1.78 bits per heavy atom. The topological polar surface area (TPSA) is 89.9 Å². The van der Waals surface area contributed by atoms with Gasteiger partial charge >= 0.3 is 10.2 Å². The number of ether oxygens (including phenoxy) is 2. The van der Waals surface area contributed by atoms with Gasteiger partial charge in [-0.2, -0.15) is 12.7 Å². The molecule has 3 aromatic carbocycles. The molecular weight excluding hydrogens is 478 g/mol. The molecule has 36 heavy (non-hydrogen) atoms. The Kier molecular flexibility index (Phi) is 6.07. The zero-order valence-electron chi connectivity index (χ0n) is 20.5. The fraction of sp³-hybridized carbons (Fsp3) is 0.222. The molecule has 2 heterocycles. The summed E-state index contributed by atoms with van der Waals surface area (Å²) < 4.78 is 41.5. The molecule has 1 aliphatic rings. The summed E-state index contributed by atoms with van der Waals surface area (Å²) in [5.74, 6) is 0.0240. The lowest BCUT2D eigenvalue weighted by molar-refractivity contribution is 0.0496. The lowest BCUT2D eigenvalue weighted by Crippen LogP contribution is -2.39. The van der Waals surface area contributed by atoms with Crippen molar-refractivity contribution in [2.45, 2.75) is 13.2 Å². The van der Waals surface area contributed by atoms with Crippen LogP contribution >= 0.6 is 0 Å². The predicted octanol–water partition coefficient (Wildman–Crippen LogP) is 4.42. The fourth-order valence-electron chi connectivity index (χ4n) is 4.61. The van der Waals surface area contributed by atoms with Crippen LogP contribution in [-0.2, 0) is 14.9 Å². The SMILES string of the molecule is CCOC1c2cc(OC)ccc2-c2cc3c(-c4ccccc4)cc(C(=O)NS(=O)(=O)N(C)C)cc3n21. The number of benzene rings is 3. The number of fused-ring (bicyclic) bond motifs is 5. The van der Waals surface area contributed by atoms with E-state index in [0.29, 0.717) is 6.61 Å². The first-order valence-corrected chi connectivity index (χ1v) is 13.0. The molecule has 0 spiro atoms. The molecule has 0 saturated carbocycles. The molecule has 186 valence electrons. The van der Waals surface area contributed by atoms with Crippen molar-refractivity contribution < 1.29 is 22.7 Å². The average molecular weight is 506 g/mol. The van der Waals surface area contributed by atoms with Gasteiger partial charge in [-0.1, -0.05) is 30.3 Å². The van der Waals surface area contributed by atoms with Gasteiger partial charge in [-0.15, -0.1) is 0 Å².